The monoisotopic (exact) mass is 448 g/mol. The Hall–Kier alpha value is -3.17. The maximum absolute atomic E-state index is 13.3. The van der Waals surface area contributed by atoms with Crippen LogP contribution in [0.5, 0.6) is 5.75 Å². The van der Waals surface area contributed by atoms with Crippen LogP contribution in [0.4, 0.5) is 11.4 Å². The molecule has 2 saturated heterocycles. The molecule has 2 fully saturated rings. The molecule has 3 aliphatic rings. The van der Waals surface area contributed by atoms with Crippen LogP contribution in [0.1, 0.15) is 29.8 Å². The van der Waals surface area contributed by atoms with E-state index in [2.05, 4.69) is 51.2 Å². The van der Waals surface area contributed by atoms with Gasteiger partial charge in [0.15, 0.2) is 5.65 Å². The number of aromatic nitrogens is 3. The molecule has 0 bridgehead atoms. The first-order valence-corrected chi connectivity index (χ1v) is 11.5. The number of hydrogen-bond acceptors (Lipinski definition) is 7. The van der Waals surface area contributed by atoms with Gasteiger partial charge in [0.1, 0.15) is 16.9 Å². The molecule has 2 aromatic heterocycles. The average Bonchev–Trinajstić information content (AvgIpc) is 3.31. The van der Waals surface area contributed by atoms with E-state index >= 15 is 0 Å². The highest BCUT2D eigenvalue weighted by Crippen LogP contribution is 2.42. The van der Waals surface area contributed by atoms with Gasteiger partial charge in [0.05, 0.1) is 36.8 Å². The van der Waals surface area contributed by atoms with E-state index < -0.39 is 0 Å². The number of carbonyl (C=O) groups is 1. The smallest absolute Gasteiger partial charge is 0.261 e. The third-order valence-electron chi connectivity index (χ3n) is 6.75. The van der Waals surface area contributed by atoms with Gasteiger partial charge in [-0.2, -0.15) is 5.10 Å². The Bertz CT molecular complexity index is 1210. The second-order valence-corrected chi connectivity index (χ2v) is 9.63. The zero-order valence-corrected chi connectivity index (χ0v) is 19.0. The molecule has 0 spiro atoms. The van der Waals surface area contributed by atoms with E-state index in [-0.39, 0.29) is 11.5 Å². The fourth-order valence-corrected chi connectivity index (χ4v) is 4.94. The van der Waals surface area contributed by atoms with Crippen molar-refractivity contribution in [3.05, 3.63) is 47.9 Å². The standard InChI is InChI=1S/C24H28N6O3/c1-24(2)12-16-10-19(27-23(31)18-13-26-30-5-3-4-25-22(18)30)20(11-21(16)33-24)29-8-6-28(7-9-29)17-14-32-15-17/h3-5,10-11,13,17H,6-9,12,14-15H2,1-2H3,(H,27,31). The number of fused-ring (bicyclic) bond motifs is 2. The first-order valence-electron chi connectivity index (χ1n) is 11.5. The van der Waals surface area contributed by atoms with Gasteiger partial charge in [0.2, 0.25) is 0 Å². The molecule has 172 valence electrons. The van der Waals surface area contributed by atoms with Gasteiger partial charge in [-0.25, -0.2) is 9.50 Å². The number of piperazine rings is 1. The molecule has 9 heteroatoms. The fourth-order valence-electron chi connectivity index (χ4n) is 4.94. The van der Waals surface area contributed by atoms with Crippen LogP contribution in [0.15, 0.2) is 36.8 Å². The first kappa shape index (κ1) is 20.4. The quantitative estimate of drug-likeness (QED) is 0.655. The lowest BCUT2D eigenvalue weighted by Crippen LogP contribution is -2.56. The molecule has 0 aliphatic carbocycles. The Balaban J connectivity index is 1.30. The first-order chi connectivity index (χ1) is 16.0. The summed E-state index contributed by atoms with van der Waals surface area (Å²) >= 11 is 0. The normalized spacial score (nSPS) is 20.4. The van der Waals surface area contributed by atoms with Crippen LogP contribution in [-0.2, 0) is 11.2 Å². The van der Waals surface area contributed by atoms with E-state index in [1.165, 1.54) is 0 Å². The van der Waals surface area contributed by atoms with Gasteiger partial charge in [-0.15, -0.1) is 0 Å². The Morgan fingerprint density at radius 2 is 2.00 bits per heavy atom. The summed E-state index contributed by atoms with van der Waals surface area (Å²) in [5.41, 5.74) is 3.65. The summed E-state index contributed by atoms with van der Waals surface area (Å²) < 4.78 is 13.2. The number of amides is 1. The van der Waals surface area contributed by atoms with Crippen LogP contribution >= 0.6 is 0 Å². The van der Waals surface area contributed by atoms with Crippen molar-refractivity contribution in [1.29, 1.82) is 0 Å². The van der Waals surface area contributed by atoms with E-state index in [9.17, 15) is 4.79 Å². The number of ether oxygens (including phenoxy) is 2. The van der Waals surface area contributed by atoms with Crippen LogP contribution in [0.3, 0.4) is 0 Å². The molecule has 3 aromatic rings. The van der Waals surface area contributed by atoms with Crippen molar-refractivity contribution >= 4 is 22.9 Å². The van der Waals surface area contributed by atoms with Crippen molar-refractivity contribution in [2.45, 2.75) is 31.9 Å². The minimum absolute atomic E-state index is 0.215. The molecule has 9 nitrogen and oxygen atoms in total. The van der Waals surface area contributed by atoms with Crippen molar-refractivity contribution in [1.82, 2.24) is 19.5 Å². The predicted molar refractivity (Wildman–Crippen MR) is 124 cm³/mol. The Labute approximate surface area is 192 Å². The molecule has 33 heavy (non-hydrogen) atoms. The van der Waals surface area contributed by atoms with E-state index in [4.69, 9.17) is 9.47 Å². The van der Waals surface area contributed by atoms with Crippen LogP contribution in [0, 0.1) is 0 Å². The van der Waals surface area contributed by atoms with Crippen molar-refractivity contribution < 1.29 is 14.3 Å². The molecule has 5 heterocycles. The SMILES string of the molecule is CC1(C)Cc2cc(NC(=O)c3cnn4cccnc34)c(N3CCN(C4COC4)CC3)cc2O1. The van der Waals surface area contributed by atoms with Crippen molar-refractivity contribution in [2.75, 3.05) is 49.6 Å². The summed E-state index contributed by atoms with van der Waals surface area (Å²) in [6.45, 7) is 9.57. The zero-order valence-electron chi connectivity index (χ0n) is 19.0. The number of carbonyl (C=O) groups excluding carboxylic acids is 1. The molecule has 0 saturated carbocycles. The second kappa shape index (κ2) is 7.71. The predicted octanol–water partition coefficient (Wildman–Crippen LogP) is 2.22. The zero-order chi connectivity index (χ0) is 22.6. The van der Waals surface area contributed by atoms with Gasteiger partial charge in [-0.05, 0) is 26.0 Å². The number of hydrogen-bond donors (Lipinski definition) is 1. The lowest BCUT2D eigenvalue weighted by atomic mass is 10.0. The van der Waals surface area contributed by atoms with Crippen molar-refractivity contribution in [3.63, 3.8) is 0 Å². The lowest BCUT2D eigenvalue weighted by molar-refractivity contribution is -0.0660. The van der Waals surface area contributed by atoms with Gasteiger partial charge in [0.25, 0.3) is 5.91 Å². The molecular formula is C24H28N6O3. The van der Waals surface area contributed by atoms with Crippen LogP contribution in [0.2, 0.25) is 0 Å². The number of nitrogens with one attached hydrogen (secondary N) is 1. The molecular weight excluding hydrogens is 420 g/mol. The summed E-state index contributed by atoms with van der Waals surface area (Å²) in [4.78, 5) is 22.4. The van der Waals surface area contributed by atoms with Gasteiger partial charge in [-0.1, -0.05) is 0 Å². The van der Waals surface area contributed by atoms with Crippen LogP contribution in [-0.4, -0.2) is 76.4 Å². The Morgan fingerprint density at radius 1 is 1.18 bits per heavy atom. The highest BCUT2D eigenvalue weighted by atomic mass is 16.5. The molecule has 1 aromatic carbocycles. The maximum atomic E-state index is 13.3. The molecule has 1 N–H and O–H groups in total. The molecule has 0 unspecified atom stereocenters. The molecule has 3 aliphatic heterocycles. The summed E-state index contributed by atoms with van der Waals surface area (Å²) in [7, 11) is 0. The van der Waals surface area contributed by atoms with Gasteiger partial charge in [-0.3, -0.25) is 9.69 Å². The third kappa shape index (κ3) is 3.71. The van der Waals surface area contributed by atoms with Crippen LogP contribution < -0.4 is 15.0 Å². The summed E-state index contributed by atoms with van der Waals surface area (Å²) in [6, 6.07) is 6.49. The highest BCUT2D eigenvalue weighted by Gasteiger charge is 2.34. The van der Waals surface area contributed by atoms with Crippen molar-refractivity contribution in [3.8, 4) is 5.75 Å². The van der Waals surface area contributed by atoms with Gasteiger partial charge in [0, 0.05) is 56.6 Å². The van der Waals surface area contributed by atoms with Crippen LogP contribution in [0.25, 0.3) is 5.65 Å². The highest BCUT2D eigenvalue weighted by molar-refractivity contribution is 6.09. The minimum Gasteiger partial charge on any atom is -0.487 e. The van der Waals surface area contributed by atoms with E-state index in [0.717, 1.165) is 68.5 Å². The van der Waals surface area contributed by atoms with Gasteiger partial charge < -0.3 is 19.7 Å². The number of nitrogens with zero attached hydrogens (tertiary/aromatic N) is 5. The van der Waals surface area contributed by atoms with Gasteiger partial charge >= 0.3 is 0 Å². The number of anilines is 2. The topological polar surface area (TPSA) is 84.2 Å². The van der Waals surface area contributed by atoms with E-state index in [1.54, 1.807) is 29.2 Å². The summed E-state index contributed by atoms with van der Waals surface area (Å²) in [5, 5.41) is 7.41. The molecule has 0 radical (unpaired) electrons. The molecule has 1 amide bonds. The molecule has 0 atom stereocenters. The largest absolute Gasteiger partial charge is 0.487 e. The second-order valence-electron chi connectivity index (χ2n) is 9.63. The van der Waals surface area contributed by atoms with E-state index in [1.807, 2.05) is 0 Å². The fraction of sp³-hybridized carbons (Fsp3) is 0.458. The molecule has 6 rings (SSSR count). The Kier molecular flexibility index (Phi) is 4.77. The average molecular weight is 449 g/mol. The maximum Gasteiger partial charge on any atom is 0.261 e. The van der Waals surface area contributed by atoms with Crippen molar-refractivity contribution in [2.24, 2.45) is 0 Å². The third-order valence-corrected chi connectivity index (χ3v) is 6.75. The number of benzene rings is 1. The summed E-state index contributed by atoms with van der Waals surface area (Å²) in [5.74, 6) is 0.689. The number of rotatable bonds is 4. The van der Waals surface area contributed by atoms with E-state index in [0.29, 0.717) is 17.3 Å². The Morgan fingerprint density at radius 3 is 2.76 bits per heavy atom. The summed E-state index contributed by atoms with van der Waals surface area (Å²) in [6.07, 6.45) is 5.82. The minimum atomic E-state index is -0.252. The lowest BCUT2D eigenvalue weighted by Gasteiger charge is -2.43.